The molecule has 1 heterocycles. The van der Waals surface area contributed by atoms with Gasteiger partial charge in [-0.15, -0.1) is 0 Å². The number of carbonyl (C=O) groups excluding carboxylic acids is 1. The summed E-state index contributed by atoms with van der Waals surface area (Å²) >= 11 is 0. The Balaban J connectivity index is 1.78. The average Bonchev–Trinajstić information content (AvgIpc) is 2.60. The van der Waals surface area contributed by atoms with Crippen LogP contribution in [0.1, 0.15) is 54.7 Å². The standard InChI is InChI=1S/C21H26N2O4S/c1-5-28(25,26)23-16-9-7-15(8-10-16)20(24)22-18-13-21(3,4)27-19-12-14(2)6-11-17(18)19/h6-12,18,23H,5,13H2,1-4H3,(H,22,24)/t18-/m0/s1. The number of benzene rings is 2. The van der Waals surface area contributed by atoms with Crippen molar-refractivity contribution in [3.8, 4) is 5.75 Å². The molecule has 1 aliphatic rings. The fourth-order valence-electron chi connectivity index (χ4n) is 3.27. The zero-order valence-electron chi connectivity index (χ0n) is 16.6. The fraction of sp³-hybridized carbons (Fsp3) is 0.381. The first kappa shape index (κ1) is 20.2. The summed E-state index contributed by atoms with van der Waals surface area (Å²) in [4.78, 5) is 12.8. The minimum atomic E-state index is -3.34. The van der Waals surface area contributed by atoms with Gasteiger partial charge in [0.15, 0.2) is 0 Å². The maximum atomic E-state index is 12.8. The third-order valence-corrected chi connectivity index (χ3v) is 6.04. The number of anilines is 1. The van der Waals surface area contributed by atoms with E-state index in [2.05, 4.69) is 10.0 Å². The third kappa shape index (κ3) is 4.65. The van der Waals surface area contributed by atoms with E-state index in [4.69, 9.17) is 4.74 Å². The van der Waals surface area contributed by atoms with Gasteiger partial charge in [-0.05, 0) is 63.6 Å². The van der Waals surface area contributed by atoms with Crippen LogP contribution in [0, 0.1) is 6.92 Å². The topological polar surface area (TPSA) is 84.5 Å². The number of fused-ring (bicyclic) bond motifs is 1. The van der Waals surface area contributed by atoms with Gasteiger partial charge < -0.3 is 10.1 Å². The Hall–Kier alpha value is -2.54. The summed E-state index contributed by atoms with van der Waals surface area (Å²) in [5.74, 6) is 0.582. The van der Waals surface area contributed by atoms with Gasteiger partial charge in [0, 0.05) is 23.2 Å². The van der Waals surface area contributed by atoms with Crippen LogP contribution >= 0.6 is 0 Å². The Morgan fingerprint density at radius 3 is 2.50 bits per heavy atom. The van der Waals surface area contributed by atoms with Crippen LogP contribution in [0.2, 0.25) is 0 Å². The lowest BCUT2D eigenvalue weighted by Gasteiger charge is -2.38. The number of carbonyl (C=O) groups is 1. The Kier molecular flexibility index (Phi) is 5.39. The van der Waals surface area contributed by atoms with E-state index in [-0.39, 0.29) is 23.3 Å². The number of amides is 1. The molecule has 0 bridgehead atoms. The molecule has 0 aromatic heterocycles. The SMILES string of the molecule is CCS(=O)(=O)Nc1ccc(C(=O)N[C@H]2CC(C)(C)Oc3cc(C)ccc32)cc1. The lowest BCUT2D eigenvalue weighted by molar-refractivity contribution is 0.0619. The predicted molar refractivity (Wildman–Crippen MR) is 110 cm³/mol. The molecular formula is C21H26N2O4S. The van der Waals surface area contributed by atoms with E-state index in [0.717, 1.165) is 16.9 Å². The third-order valence-electron chi connectivity index (χ3n) is 4.73. The van der Waals surface area contributed by atoms with Crippen LogP contribution in [-0.4, -0.2) is 25.7 Å². The molecule has 2 aromatic carbocycles. The molecule has 2 N–H and O–H groups in total. The summed E-state index contributed by atoms with van der Waals surface area (Å²) in [5, 5.41) is 3.09. The molecule has 1 atom stereocenters. The van der Waals surface area contributed by atoms with E-state index < -0.39 is 10.0 Å². The first-order chi connectivity index (χ1) is 13.1. The van der Waals surface area contributed by atoms with Gasteiger partial charge in [-0.25, -0.2) is 8.42 Å². The van der Waals surface area contributed by atoms with Crippen LogP contribution in [0.15, 0.2) is 42.5 Å². The maximum absolute atomic E-state index is 12.8. The lowest BCUT2D eigenvalue weighted by atomic mass is 9.89. The Bertz CT molecular complexity index is 982. The van der Waals surface area contributed by atoms with Crippen molar-refractivity contribution in [3.63, 3.8) is 0 Å². The summed E-state index contributed by atoms with van der Waals surface area (Å²) in [5.41, 5.74) is 2.59. The van der Waals surface area contributed by atoms with Crippen LogP contribution in [-0.2, 0) is 10.0 Å². The molecule has 1 amide bonds. The van der Waals surface area contributed by atoms with E-state index in [0.29, 0.717) is 17.7 Å². The normalized spacial score (nSPS) is 17.9. The summed E-state index contributed by atoms with van der Waals surface area (Å²) in [6.07, 6.45) is 0.656. The van der Waals surface area contributed by atoms with Gasteiger partial charge in [-0.3, -0.25) is 9.52 Å². The first-order valence-corrected chi connectivity index (χ1v) is 10.9. The highest BCUT2D eigenvalue weighted by Crippen LogP contribution is 2.40. The number of nitrogens with one attached hydrogen (secondary N) is 2. The Morgan fingerprint density at radius 1 is 1.18 bits per heavy atom. The summed E-state index contributed by atoms with van der Waals surface area (Å²) in [7, 11) is -3.34. The monoisotopic (exact) mass is 402 g/mol. The van der Waals surface area contributed by atoms with Crippen molar-refractivity contribution in [2.24, 2.45) is 0 Å². The van der Waals surface area contributed by atoms with Crippen molar-refractivity contribution >= 4 is 21.6 Å². The number of sulfonamides is 1. The molecule has 28 heavy (non-hydrogen) atoms. The van der Waals surface area contributed by atoms with Gasteiger partial charge in [0.2, 0.25) is 10.0 Å². The van der Waals surface area contributed by atoms with Crippen LogP contribution in [0.4, 0.5) is 5.69 Å². The van der Waals surface area contributed by atoms with E-state index in [1.165, 1.54) is 0 Å². The van der Waals surface area contributed by atoms with Crippen LogP contribution in [0.3, 0.4) is 0 Å². The van der Waals surface area contributed by atoms with Gasteiger partial charge in [0.1, 0.15) is 11.4 Å². The second kappa shape index (κ2) is 7.47. The molecule has 0 radical (unpaired) electrons. The maximum Gasteiger partial charge on any atom is 0.251 e. The highest BCUT2D eigenvalue weighted by Gasteiger charge is 2.34. The molecule has 150 valence electrons. The predicted octanol–water partition coefficient (Wildman–Crippen LogP) is 3.79. The van der Waals surface area contributed by atoms with Crippen molar-refractivity contribution < 1.29 is 17.9 Å². The first-order valence-electron chi connectivity index (χ1n) is 9.29. The lowest BCUT2D eigenvalue weighted by Crippen LogP contribution is -2.41. The van der Waals surface area contributed by atoms with Gasteiger partial charge in [0.05, 0.1) is 11.8 Å². The smallest absolute Gasteiger partial charge is 0.251 e. The van der Waals surface area contributed by atoms with E-state index in [1.807, 2.05) is 39.0 Å². The average molecular weight is 403 g/mol. The van der Waals surface area contributed by atoms with Gasteiger partial charge in [0.25, 0.3) is 5.91 Å². The van der Waals surface area contributed by atoms with E-state index in [1.54, 1.807) is 31.2 Å². The largest absolute Gasteiger partial charge is 0.487 e. The highest BCUT2D eigenvalue weighted by atomic mass is 32.2. The molecule has 0 fully saturated rings. The summed E-state index contributed by atoms with van der Waals surface area (Å²) < 4.78 is 31.8. The van der Waals surface area contributed by atoms with Gasteiger partial charge in [-0.2, -0.15) is 0 Å². The molecule has 0 saturated carbocycles. The van der Waals surface area contributed by atoms with Crippen LogP contribution < -0.4 is 14.8 Å². The van der Waals surface area contributed by atoms with Crippen molar-refractivity contribution in [1.82, 2.24) is 5.32 Å². The van der Waals surface area contributed by atoms with Gasteiger partial charge in [-0.1, -0.05) is 12.1 Å². The number of aryl methyl sites for hydroxylation is 1. The molecule has 0 spiro atoms. The van der Waals surface area contributed by atoms with Gasteiger partial charge >= 0.3 is 0 Å². The fourth-order valence-corrected chi connectivity index (χ4v) is 3.91. The molecule has 3 rings (SSSR count). The van der Waals surface area contributed by atoms with Crippen LogP contribution in [0.5, 0.6) is 5.75 Å². The number of hydrogen-bond acceptors (Lipinski definition) is 4. The molecule has 0 aliphatic carbocycles. The molecule has 6 nitrogen and oxygen atoms in total. The zero-order valence-corrected chi connectivity index (χ0v) is 17.4. The summed E-state index contributed by atoms with van der Waals surface area (Å²) in [6.45, 7) is 7.59. The van der Waals surface area contributed by atoms with E-state index in [9.17, 15) is 13.2 Å². The highest BCUT2D eigenvalue weighted by molar-refractivity contribution is 7.92. The zero-order chi connectivity index (χ0) is 20.5. The van der Waals surface area contributed by atoms with E-state index >= 15 is 0 Å². The molecule has 2 aromatic rings. The number of hydrogen-bond donors (Lipinski definition) is 2. The Labute approximate surface area is 166 Å². The molecule has 1 aliphatic heterocycles. The minimum absolute atomic E-state index is 0.00629. The molecular weight excluding hydrogens is 376 g/mol. The second-order valence-corrected chi connectivity index (χ2v) is 9.73. The molecule has 0 unspecified atom stereocenters. The van der Waals surface area contributed by atoms with Crippen LogP contribution in [0.25, 0.3) is 0 Å². The number of rotatable bonds is 5. The minimum Gasteiger partial charge on any atom is -0.487 e. The van der Waals surface area contributed by atoms with Crippen molar-refractivity contribution in [2.75, 3.05) is 10.5 Å². The second-order valence-electron chi connectivity index (χ2n) is 7.72. The number of ether oxygens (including phenoxy) is 1. The molecule has 7 heteroatoms. The van der Waals surface area contributed by atoms with Crippen molar-refractivity contribution in [2.45, 2.75) is 45.8 Å². The van der Waals surface area contributed by atoms with Crippen molar-refractivity contribution in [3.05, 3.63) is 59.2 Å². The van der Waals surface area contributed by atoms with Crippen molar-refractivity contribution in [1.29, 1.82) is 0 Å². The quantitative estimate of drug-likeness (QED) is 0.797. The molecule has 0 saturated heterocycles. The summed E-state index contributed by atoms with van der Waals surface area (Å²) in [6, 6.07) is 12.2. The Morgan fingerprint density at radius 2 is 1.86 bits per heavy atom.